The Morgan fingerprint density at radius 2 is 0.864 bits per heavy atom. The lowest BCUT2D eigenvalue weighted by Gasteiger charge is -2.36. The first-order valence-corrected chi connectivity index (χ1v) is 22.3. The molecule has 9 aromatic carbocycles. The molecule has 0 saturated heterocycles. The molecule has 5 heteroatoms. The molecule has 0 amide bonds. The van der Waals surface area contributed by atoms with E-state index >= 15 is 0 Å². The van der Waals surface area contributed by atoms with Crippen molar-refractivity contribution in [2.45, 2.75) is 0 Å². The summed E-state index contributed by atoms with van der Waals surface area (Å²) in [5.41, 5.74) is 8.75. The number of hydrogen-bond acceptors (Lipinski definition) is 2. The SMILES string of the molecule is c1ccc([Si](c2ccccc2)(c2ccccc2)c2cccc(-c3c(-n4c5ccccc5c5ccccc54)cc4c5c3Oc3ccccc3B5c3ccccc3O4)c2)cc1. The van der Waals surface area contributed by atoms with Gasteiger partial charge in [-0.2, -0.15) is 0 Å². The van der Waals surface area contributed by atoms with Gasteiger partial charge < -0.3 is 14.0 Å². The van der Waals surface area contributed by atoms with Crippen molar-refractivity contribution in [2.75, 3.05) is 0 Å². The van der Waals surface area contributed by atoms with Gasteiger partial charge in [0.05, 0.1) is 16.7 Å². The molecule has 0 aliphatic carbocycles. The number of nitrogens with zero attached hydrogens (tertiary/aromatic N) is 1. The summed E-state index contributed by atoms with van der Waals surface area (Å²) in [5, 5.41) is 7.70. The number of benzene rings is 9. The zero-order valence-electron chi connectivity index (χ0n) is 32.1. The Morgan fingerprint density at radius 3 is 1.44 bits per heavy atom. The number of rotatable bonds is 6. The molecule has 0 bridgehead atoms. The van der Waals surface area contributed by atoms with E-state index in [1.807, 2.05) is 0 Å². The summed E-state index contributed by atoms with van der Waals surface area (Å²) in [6, 6.07) is 79.5. The van der Waals surface area contributed by atoms with E-state index in [4.69, 9.17) is 9.47 Å². The molecule has 3 heterocycles. The van der Waals surface area contributed by atoms with Gasteiger partial charge in [-0.1, -0.05) is 188 Å². The van der Waals surface area contributed by atoms with Crippen molar-refractivity contribution in [2.24, 2.45) is 0 Å². The van der Waals surface area contributed by atoms with Crippen molar-refractivity contribution < 1.29 is 9.47 Å². The maximum atomic E-state index is 7.29. The van der Waals surface area contributed by atoms with Crippen LogP contribution in [0.25, 0.3) is 38.6 Å². The average Bonchev–Trinajstić information content (AvgIpc) is 3.64. The van der Waals surface area contributed by atoms with Gasteiger partial charge in [0, 0.05) is 27.9 Å². The fourth-order valence-corrected chi connectivity index (χ4v) is 14.8. The van der Waals surface area contributed by atoms with Gasteiger partial charge in [0.15, 0.2) is 8.07 Å². The normalized spacial score (nSPS) is 12.6. The van der Waals surface area contributed by atoms with Gasteiger partial charge in [-0.05, 0) is 61.5 Å². The van der Waals surface area contributed by atoms with E-state index in [-0.39, 0.29) is 6.71 Å². The van der Waals surface area contributed by atoms with E-state index in [2.05, 4.69) is 223 Å². The summed E-state index contributed by atoms with van der Waals surface area (Å²) in [7, 11) is -2.87. The van der Waals surface area contributed by atoms with E-state index in [0.29, 0.717) is 0 Å². The van der Waals surface area contributed by atoms with Crippen LogP contribution in [0.2, 0.25) is 0 Å². The van der Waals surface area contributed by atoms with Crippen LogP contribution in [0.4, 0.5) is 0 Å². The first-order valence-electron chi connectivity index (χ1n) is 20.3. The Hall–Kier alpha value is -7.34. The van der Waals surface area contributed by atoms with Crippen LogP contribution in [0, 0.1) is 0 Å². The molecule has 0 fully saturated rings. The molecule has 0 unspecified atom stereocenters. The van der Waals surface area contributed by atoms with Crippen molar-refractivity contribution in [3.05, 3.63) is 218 Å². The van der Waals surface area contributed by atoms with E-state index < -0.39 is 8.07 Å². The minimum Gasteiger partial charge on any atom is -0.458 e. The molecule has 0 atom stereocenters. The molecule has 0 spiro atoms. The molecule has 12 rings (SSSR count). The Kier molecular flexibility index (Phi) is 7.65. The second-order valence-corrected chi connectivity index (χ2v) is 19.3. The second kappa shape index (κ2) is 13.4. The van der Waals surface area contributed by atoms with Crippen molar-refractivity contribution in [3.63, 3.8) is 0 Å². The largest absolute Gasteiger partial charge is 0.458 e. The molecular weight excluding hydrogens is 733 g/mol. The highest BCUT2D eigenvalue weighted by molar-refractivity contribution is 7.20. The highest BCUT2D eigenvalue weighted by Gasteiger charge is 2.44. The van der Waals surface area contributed by atoms with Crippen molar-refractivity contribution in [1.82, 2.24) is 4.57 Å². The molecule has 276 valence electrons. The number of para-hydroxylation sites is 4. The van der Waals surface area contributed by atoms with Gasteiger partial charge in [-0.15, -0.1) is 0 Å². The quantitative estimate of drug-likeness (QED) is 0.125. The van der Waals surface area contributed by atoms with Crippen LogP contribution in [0.3, 0.4) is 0 Å². The van der Waals surface area contributed by atoms with Crippen LogP contribution in [0.5, 0.6) is 23.0 Å². The van der Waals surface area contributed by atoms with Crippen molar-refractivity contribution >= 4 is 73.7 Å². The lowest BCUT2D eigenvalue weighted by Crippen LogP contribution is -2.74. The van der Waals surface area contributed by atoms with Crippen LogP contribution < -0.4 is 46.6 Å². The van der Waals surface area contributed by atoms with Gasteiger partial charge in [0.1, 0.15) is 23.0 Å². The third kappa shape index (κ3) is 5.02. The summed E-state index contributed by atoms with van der Waals surface area (Å²) < 4.78 is 16.7. The third-order valence-electron chi connectivity index (χ3n) is 12.5. The average molecular weight is 770 g/mol. The predicted octanol–water partition coefficient (Wildman–Crippen LogP) is 8.56. The first-order chi connectivity index (χ1) is 29.3. The minimum absolute atomic E-state index is 0.0598. The monoisotopic (exact) mass is 769 g/mol. The summed E-state index contributed by atoms with van der Waals surface area (Å²) in [6.45, 7) is -0.0598. The summed E-state index contributed by atoms with van der Waals surface area (Å²) in [6.07, 6.45) is 0. The standard InChI is InChI=1S/C54H36BNO2Si/c1-4-20-38(21-5-1)59(39-22-6-2-7-23-39,40-24-8-3-9-25-40)41-26-18-19-37(35-41)52-48(56-46-31-14-10-27-42(46)43-28-11-15-32-47(43)56)36-51-53-54(52)58-50-34-17-13-30-45(50)55(53)44-29-12-16-33-49(44)57-51/h1-36H. The summed E-state index contributed by atoms with van der Waals surface area (Å²) in [4.78, 5) is 0. The Morgan fingerprint density at radius 1 is 0.390 bits per heavy atom. The van der Waals surface area contributed by atoms with Crippen molar-refractivity contribution in [1.29, 1.82) is 0 Å². The number of hydrogen-bond donors (Lipinski definition) is 0. The minimum atomic E-state index is -2.87. The molecule has 0 saturated carbocycles. The van der Waals surface area contributed by atoms with Crippen LogP contribution in [-0.2, 0) is 0 Å². The van der Waals surface area contributed by atoms with Crippen LogP contribution in [0.15, 0.2) is 218 Å². The van der Waals surface area contributed by atoms with Gasteiger partial charge >= 0.3 is 0 Å². The first kappa shape index (κ1) is 33.8. The third-order valence-corrected chi connectivity index (χ3v) is 17.2. The Balaban J connectivity index is 1.22. The van der Waals surface area contributed by atoms with E-state index in [9.17, 15) is 0 Å². The summed E-state index contributed by atoms with van der Waals surface area (Å²) in [5.74, 6) is 3.39. The number of fused-ring (bicyclic) bond motifs is 7. The smallest absolute Gasteiger partial charge is 0.260 e. The number of aromatic nitrogens is 1. The number of ether oxygens (including phenoxy) is 2. The predicted molar refractivity (Wildman–Crippen MR) is 248 cm³/mol. The zero-order valence-corrected chi connectivity index (χ0v) is 33.1. The zero-order chi connectivity index (χ0) is 38.9. The van der Waals surface area contributed by atoms with E-state index in [1.165, 1.54) is 31.5 Å². The summed E-state index contributed by atoms with van der Waals surface area (Å²) >= 11 is 0. The molecule has 2 aliphatic heterocycles. The van der Waals surface area contributed by atoms with Gasteiger partial charge in [0.25, 0.3) is 6.71 Å². The van der Waals surface area contributed by atoms with E-state index in [1.54, 1.807) is 0 Å². The lowest BCUT2D eigenvalue weighted by atomic mass is 9.34. The highest BCUT2D eigenvalue weighted by atomic mass is 28.3. The Bertz CT molecular complexity index is 3070. The maximum absolute atomic E-state index is 7.29. The van der Waals surface area contributed by atoms with Gasteiger partial charge in [-0.25, -0.2) is 0 Å². The molecular formula is C54H36BNO2Si. The fraction of sp³-hybridized carbons (Fsp3) is 0. The second-order valence-electron chi connectivity index (χ2n) is 15.5. The topological polar surface area (TPSA) is 23.4 Å². The molecule has 59 heavy (non-hydrogen) atoms. The van der Waals surface area contributed by atoms with Gasteiger partial charge in [-0.3, -0.25) is 0 Å². The maximum Gasteiger partial charge on any atom is 0.260 e. The Labute approximate surface area is 344 Å². The molecule has 3 nitrogen and oxygen atoms in total. The lowest BCUT2D eigenvalue weighted by molar-refractivity contribution is 0.465. The van der Waals surface area contributed by atoms with Gasteiger partial charge in [0.2, 0.25) is 0 Å². The van der Waals surface area contributed by atoms with Crippen LogP contribution in [-0.4, -0.2) is 19.4 Å². The molecule has 1 aromatic heterocycles. The van der Waals surface area contributed by atoms with E-state index in [0.717, 1.165) is 67.2 Å². The van der Waals surface area contributed by atoms with Crippen LogP contribution >= 0.6 is 0 Å². The fourth-order valence-electron chi connectivity index (χ4n) is 10.0. The molecule has 0 N–H and O–H groups in total. The molecule has 0 radical (unpaired) electrons. The highest BCUT2D eigenvalue weighted by Crippen LogP contribution is 2.46. The van der Waals surface area contributed by atoms with Crippen LogP contribution in [0.1, 0.15) is 0 Å². The van der Waals surface area contributed by atoms with Crippen molar-refractivity contribution in [3.8, 4) is 39.8 Å². The molecule has 10 aromatic rings. The molecule has 2 aliphatic rings.